The standard InChI is InChI=1S/C15H18O3/c1-10-14(17)8-12(9-15(10)18)3-2-11-4-6-13(16)7-5-11/h4-10,14,16-18H,2-3H2,1H3. The molecule has 0 amide bonds. The molecule has 1 aliphatic carbocycles. The first-order valence-electron chi connectivity index (χ1n) is 6.13. The van der Waals surface area contributed by atoms with Gasteiger partial charge in [0.15, 0.2) is 0 Å². The molecule has 0 fully saturated rings. The van der Waals surface area contributed by atoms with Gasteiger partial charge in [0.2, 0.25) is 0 Å². The molecule has 2 atom stereocenters. The fourth-order valence-electron chi connectivity index (χ4n) is 2.01. The number of aryl methyl sites for hydroxylation is 1. The summed E-state index contributed by atoms with van der Waals surface area (Å²) in [6.45, 7) is 1.80. The van der Waals surface area contributed by atoms with Gasteiger partial charge in [-0.2, -0.15) is 0 Å². The summed E-state index contributed by atoms with van der Waals surface area (Å²) >= 11 is 0. The van der Waals surface area contributed by atoms with Crippen molar-refractivity contribution in [3.8, 4) is 5.75 Å². The van der Waals surface area contributed by atoms with Gasteiger partial charge >= 0.3 is 0 Å². The predicted molar refractivity (Wildman–Crippen MR) is 70.4 cm³/mol. The number of benzene rings is 1. The second-order valence-corrected chi connectivity index (χ2v) is 4.76. The Morgan fingerprint density at radius 3 is 2.33 bits per heavy atom. The van der Waals surface area contributed by atoms with Crippen LogP contribution in [0.4, 0.5) is 0 Å². The Labute approximate surface area is 107 Å². The Kier molecular flexibility index (Phi) is 3.72. The van der Waals surface area contributed by atoms with E-state index in [0.717, 1.165) is 24.0 Å². The minimum absolute atomic E-state index is 0.220. The van der Waals surface area contributed by atoms with E-state index in [2.05, 4.69) is 0 Å². The number of allylic oxidation sites excluding steroid dienone is 2. The number of hydrogen-bond acceptors (Lipinski definition) is 3. The summed E-state index contributed by atoms with van der Waals surface area (Å²) in [5, 5.41) is 28.6. The Bertz CT molecular complexity index is 471. The van der Waals surface area contributed by atoms with E-state index < -0.39 is 6.10 Å². The van der Waals surface area contributed by atoms with Crippen molar-refractivity contribution in [3.63, 3.8) is 0 Å². The molecule has 0 aromatic heterocycles. The van der Waals surface area contributed by atoms with Crippen LogP contribution in [0.25, 0.3) is 0 Å². The van der Waals surface area contributed by atoms with Gasteiger partial charge in [0, 0.05) is 5.92 Å². The van der Waals surface area contributed by atoms with Gasteiger partial charge in [0.25, 0.3) is 0 Å². The highest BCUT2D eigenvalue weighted by Crippen LogP contribution is 2.24. The smallest absolute Gasteiger partial charge is 0.115 e. The van der Waals surface area contributed by atoms with Crippen LogP contribution >= 0.6 is 0 Å². The number of rotatable bonds is 3. The number of aliphatic hydroxyl groups is 2. The van der Waals surface area contributed by atoms with Gasteiger partial charge < -0.3 is 15.3 Å². The molecule has 2 unspecified atom stereocenters. The quantitative estimate of drug-likeness (QED) is 0.768. The topological polar surface area (TPSA) is 60.7 Å². The maximum Gasteiger partial charge on any atom is 0.115 e. The van der Waals surface area contributed by atoms with Crippen LogP contribution in [0.3, 0.4) is 0 Å². The monoisotopic (exact) mass is 246 g/mol. The molecule has 1 aromatic carbocycles. The summed E-state index contributed by atoms with van der Waals surface area (Å²) in [4.78, 5) is 0. The third-order valence-corrected chi connectivity index (χ3v) is 3.34. The summed E-state index contributed by atoms with van der Waals surface area (Å²) in [5.41, 5.74) is 2.07. The summed E-state index contributed by atoms with van der Waals surface area (Å²) in [6.07, 6.45) is 4.50. The zero-order valence-corrected chi connectivity index (χ0v) is 10.4. The molecule has 0 bridgehead atoms. The highest BCUT2D eigenvalue weighted by molar-refractivity contribution is 5.31. The molecule has 1 aromatic rings. The molecule has 1 aliphatic rings. The van der Waals surface area contributed by atoms with E-state index in [9.17, 15) is 15.3 Å². The number of aromatic hydroxyl groups is 1. The SMILES string of the molecule is CC1C(O)=CC(CCc2ccc(O)cc2)=CC1O. The molecule has 0 saturated carbocycles. The lowest BCUT2D eigenvalue weighted by Crippen LogP contribution is -2.20. The van der Waals surface area contributed by atoms with Crippen LogP contribution in [0.1, 0.15) is 18.9 Å². The van der Waals surface area contributed by atoms with E-state index in [1.54, 1.807) is 31.2 Å². The van der Waals surface area contributed by atoms with Crippen LogP contribution < -0.4 is 0 Å². The zero-order valence-electron chi connectivity index (χ0n) is 10.4. The van der Waals surface area contributed by atoms with Gasteiger partial charge in [-0.25, -0.2) is 0 Å². The largest absolute Gasteiger partial charge is 0.512 e. The van der Waals surface area contributed by atoms with Gasteiger partial charge in [-0.05, 0) is 42.2 Å². The van der Waals surface area contributed by atoms with E-state index in [4.69, 9.17) is 0 Å². The van der Waals surface area contributed by atoms with Crippen molar-refractivity contribution in [2.45, 2.75) is 25.9 Å². The molecule has 96 valence electrons. The first-order chi connectivity index (χ1) is 8.56. The Morgan fingerprint density at radius 2 is 1.72 bits per heavy atom. The van der Waals surface area contributed by atoms with E-state index in [1.807, 2.05) is 12.1 Å². The second-order valence-electron chi connectivity index (χ2n) is 4.76. The number of hydrogen-bond donors (Lipinski definition) is 3. The average molecular weight is 246 g/mol. The van der Waals surface area contributed by atoms with Crippen molar-refractivity contribution < 1.29 is 15.3 Å². The van der Waals surface area contributed by atoms with E-state index in [-0.39, 0.29) is 17.4 Å². The second kappa shape index (κ2) is 5.27. The van der Waals surface area contributed by atoms with E-state index in [1.165, 1.54) is 0 Å². The molecule has 3 heteroatoms. The lowest BCUT2D eigenvalue weighted by Gasteiger charge is -2.21. The average Bonchev–Trinajstić information content (AvgIpc) is 2.35. The first-order valence-corrected chi connectivity index (χ1v) is 6.13. The highest BCUT2D eigenvalue weighted by Gasteiger charge is 2.20. The molecule has 0 aliphatic heterocycles. The number of phenolic OH excluding ortho intramolecular Hbond substituents is 1. The van der Waals surface area contributed by atoms with Gasteiger partial charge in [-0.15, -0.1) is 0 Å². The Balaban J connectivity index is 1.99. The minimum Gasteiger partial charge on any atom is -0.512 e. The van der Waals surface area contributed by atoms with Crippen molar-refractivity contribution in [2.24, 2.45) is 5.92 Å². The Morgan fingerprint density at radius 1 is 1.06 bits per heavy atom. The van der Waals surface area contributed by atoms with Crippen LogP contribution in [-0.4, -0.2) is 21.4 Å². The maximum atomic E-state index is 9.74. The molecule has 3 nitrogen and oxygen atoms in total. The fourth-order valence-corrected chi connectivity index (χ4v) is 2.01. The number of phenols is 1. The van der Waals surface area contributed by atoms with Gasteiger partial charge in [0.05, 0.1) is 11.9 Å². The summed E-state index contributed by atoms with van der Waals surface area (Å²) in [6, 6.07) is 7.08. The van der Waals surface area contributed by atoms with Crippen molar-refractivity contribution in [3.05, 3.63) is 53.3 Å². The molecule has 0 radical (unpaired) electrons. The molecule has 3 N–H and O–H groups in total. The number of aliphatic hydroxyl groups excluding tert-OH is 2. The lowest BCUT2D eigenvalue weighted by molar-refractivity contribution is 0.147. The van der Waals surface area contributed by atoms with Gasteiger partial charge in [-0.3, -0.25) is 0 Å². The van der Waals surface area contributed by atoms with Crippen LogP contribution in [-0.2, 0) is 6.42 Å². The molecular formula is C15H18O3. The van der Waals surface area contributed by atoms with E-state index >= 15 is 0 Å². The third-order valence-electron chi connectivity index (χ3n) is 3.34. The van der Waals surface area contributed by atoms with Gasteiger partial charge in [-0.1, -0.05) is 25.1 Å². The van der Waals surface area contributed by atoms with Crippen molar-refractivity contribution in [2.75, 3.05) is 0 Å². The van der Waals surface area contributed by atoms with Crippen molar-refractivity contribution in [1.29, 1.82) is 0 Å². The maximum absolute atomic E-state index is 9.74. The fraction of sp³-hybridized carbons (Fsp3) is 0.333. The normalized spacial score (nSPS) is 23.4. The van der Waals surface area contributed by atoms with Crippen molar-refractivity contribution >= 4 is 0 Å². The minimum atomic E-state index is -0.607. The Hall–Kier alpha value is -1.74. The third kappa shape index (κ3) is 2.93. The molecule has 0 spiro atoms. The predicted octanol–water partition coefficient (Wildman–Crippen LogP) is 2.70. The first kappa shape index (κ1) is 12.7. The molecular weight excluding hydrogens is 228 g/mol. The van der Waals surface area contributed by atoms with Crippen LogP contribution in [0.2, 0.25) is 0 Å². The highest BCUT2D eigenvalue weighted by atomic mass is 16.3. The molecule has 0 heterocycles. The van der Waals surface area contributed by atoms with Crippen LogP contribution in [0.5, 0.6) is 5.75 Å². The van der Waals surface area contributed by atoms with Crippen molar-refractivity contribution in [1.82, 2.24) is 0 Å². The lowest BCUT2D eigenvalue weighted by atomic mass is 9.91. The molecule has 0 saturated heterocycles. The van der Waals surface area contributed by atoms with Gasteiger partial charge in [0.1, 0.15) is 5.75 Å². The van der Waals surface area contributed by atoms with Crippen LogP contribution in [0, 0.1) is 5.92 Å². The summed E-state index contributed by atoms with van der Waals surface area (Å²) in [5.74, 6) is 0.283. The van der Waals surface area contributed by atoms with Crippen LogP contribution in [0.15, 0.2) is 47.7 Å². The molecule has 18 heavy (non-hydrogen) atoms. The van der Waals surface area contributed by atoms with E-state index in [0.29, 0.717) is 0 Å². The summed E-state index contributed by atoms with van der Waals surface area (Å²) < 4.78 is 0. The summed E-state index contributed by atoms with van der Waals surface area (Å²) in [7, 11) is 0. The zero-order chi connectivity index (χ0) is 13.1. The molecule has 2 rings (SSSR count).